The monoisotopic (exact) mass is 266 g/mol. The molecule has 1 heterocycles. The van der Waals surface area contributed by atoms with Gasteiger partial charge in [-0.1, -0.05) is 13.8 Å². The van der Waals surface area contributed by atoms with Crippen molar-refractivity contribution in [1.82, 2.24) is 9.97 Å². The summed E-state index contributed by atoms with van der Waals surface area (Å²) in [6, 6.07) is 0.522. The summed E-state index contributed by atoms with van der Waals surface area (Å²) in [6.45, 7) is 4.25. The molecule has 100 valence electrons. The second-order valence-corrected chi connectivity index (χ2v) is 6.33. The van der Waals surface area contributed by atoms with Crippen molar-refractivity contribution >= 4 is 23.4 Å². The van der Waals surface area contributed by atoms with Gasteiger partial charge in [-0.2, -0.15) is 11.8 Å². The fraction of sp³-hybridized carbons (Fsp3) is 0.692. The third-order valence-electron chi connectivity index (χ3n) is 3.55. The van der Waals surface area contributed by atoms with Crippen molar-refractivity contribution in [2.75, 3.05) is 17.3 Å². The molecule has 5 heteroatoms. The van der Waals surface area contributed by atoms with Gasteiger partial charge in [-0.3, -0.25) is 0 Å². The van der Waals surface area contributed by atoms with E-state index in [-0.39, 0.29) is 0 Å². The first-order chi connectivity index (χ1) is 8.61. The summed E-state index contributed by atoms with van der Waals surface area (Å²) in [4.78, 5) is 8.46. The SMILES string of the molecule is CSC1CCC(Nc2ncnc(N)c2C(C)C)C1. The lowest BCUT2D eigenvalue weighted by atomic mass is 10.0. The Labute approximate surface area is 113 Å². The minimum Gasteiger partial charge on any atom is -0.383 e. The molecule has 0 radical (unpaired) electrons. The first-order valence-electron chi connectivity index (χ1n) is 6.51. The molecular formula is C13H22N4S. The number of rotatable bonds is 4. The molecule has 0 amide bonds. The summed E-state index contributed by atoms with van der Waals surface area (Å²) in [5.74, 6) is 1.86. The Bertz CT molecular complexity index is 408. The lowest BCUT2D eigenvalue weighted by Gasteiger charge is -2.18. The van der Waals surface area contributed by atoms with Crippen LogP contribution in [0.15, 0.2) is 6.33 Å². The number of nitrogens with one attached hydrogen (secondary N) is 1. The summed E-state index contributed by atoms with van der Waals surface area (Å²) >= 11 is 1.96. The Morgan fingerprint density at radius 2 is 2.17 bits per heavy atom. The molecule has 0 aliphatic heterocycles. The zero-order valence-electron chi connectivity index (χ0n) is 11.3. The molecule has 0 aromatic carbocycles. The Balaban J connectivity index is 2.12. The normalized spacial score (nSPS) is 23.6. The molecule has 0 saturated heterocycles. The molecule has 1 saturated carbocycles. The minimum atomic E-state index is 0.339. The van der Waals surface area contributed by atoms with E-state index in [4.69, 9.17) is 5.73 Å². The zero-order chi connectivity index (χ0) is 13.1. The molecule has 2 unspecified atom stereocenters. The van der Waals surface area contributed by atoms with Crippen LogP contribution in [0.3, 0.4) is 0 Å². The fourth-order valence-corrected chi connectivity index (χ4v) is 3.37. The lowest BCUT2D eigenvalue weighted by molar-refractivity contribution is 0.742. The Morgan fingerprint density at radius 3 is 2.78 bits per heavy atom. The van der Waals surface area contributed by atoms with E-state index in [1.54, 1.807) is 6.33 Å². The van der Waals surface area contributed by atoms with Gasteiger partial charge in [-0.25, -0.2) is 9.97 Å². The number of anilines is 2. The molecule has 4 nitrogen and oxygen atoms in total. The maximum atomic E-state index is 5.95. The quantitative estimate of drug-likeness (QED) is 0.877. The molecule has 1 aromatic rings. The van der Waals surface area contributed by atoms with Crippen LogP contribution in [0.2, 0.25) is 0 Å². The van der Waals surface area contributed by atoms with E-state index in [0.29, 0.717) is 17.8 Å². The van der Waals surface area contributed by atoms with Crippen molar-refractivity contribution in [1.29, 1.82) is 0 Å². The minimum absolute atomic E-state index is 0.339. The van der Waals surface area contributed by atoms with Gasteiger partial charge in [0.15, 0.2) is 0 Å². The van der Waals surface area contributed by atoms with E-state index < -0.39 is 0 Å². The maximum absolute atomic E-state index is 5.95. The molecule has 1 aliphatic carbocycles. The van der Waals surface area contributed by atoms with Gasteiger partial charge < -0.3 is 11.1 Å². The zero-order valence-corrected chi connectivity index (χ0v) is 12.1. The third kappa shape index (κ3) is 2.88. The molecule has 1 aromatic heterocycles. The lowest BCUT2D eigenvalue weighted by Crippen LogP contribution is -2.19. The van der Waals surface area contributed by atoms with Crippen LogP contribution in [0.1, 0.15) is 44.6 Å². The number of nitrogens with two attached hydrogens (primary N) is 1. The molecule has 2 rings (SSSR count). The van der Waals surface area contributed by atoms with E-state index in [9.17, 15) is 0 Å². The standard InChI is InChI=1S/C13H22N4S/c1-8(2)11-12(14)15-7-16-13(11)17-9-4-5-10(6-9)18-3/h7-10H,4-6H2,1-3H3,(H3,14,15,16,17). The molecule has 18 heavy (non-hydrogen) atoms. The van der Waals surface area contributed by atoms with Crippen LogP contribution in [0.5, 0.6) is 0 Å². The van der Waals surface area contributed by atoms with Crippen molar-refractivity contribution in [2.45, 2.75) is 50.3 Å². The van der Waals surface area contributed by atoms with E-state index in [0.717, 1.165) is 16.6 Å². The van der Waals surface area contributed by atoms with Crippen LogP contribution in [0.25, 0.3) is 0 Å². The van der Waals surface area contributed by atoms with Crippen molar-refractivity contribution in [2.24, 2.45) is 0 Å². The molecule has 1 aliphatic rings. The number of nitrogens with zero attached hydrogens (tertiary/aromatic N) is 2. The molecule has 3 N–H and O–H groups in total. The second-order valence-electron chi connectivity index (χ2n) is 5.19. The van der Waals surface area contributed by atoms with Crippen molar-refractivity contribution in [3.8, 4) is 0 Å². The van der Waals surface area contributed by atoms with Crippen molar-refractivity contribution in [3.05, 3.63) is 11.9 Å². The van der Waals surface area contributed by atoms with E-state index in [2.05, 4.69) is 35.4 Å². The summed E-state index contributed by atoms with van der Waals surface area (Å²) < 4.78 is 0. The smallest absolute Gasteiger partial charge is 0.135 e. The van der Waals surface area contributed by atoms with E-state index in [1.165, 1.54) is 19.3 Å². The summed E-state index contributed by atoms with van der Waals surface area (Å²) in [7, 11) is 0. The predicted molar refractivity (Wildman–Crippen MR) is 79.1 cm³/mol. The highest BCUT2D eigenvalue weighted by Crippen LogP contribution is 2.32. The second kappa shape index (κ2) is 5.78. The average Bonchev–Trinajstić information content (AvgIpc) is 2.76. The first-order valence-corrected chi connectivity index (χ1v) is 7.80. The molecule has 0 bridgehead atoms. The molecule has 0 spiro atoms. The summed E-state index contributed by atoms with van der Waals surface area (Å²) in [6.07, 6.45) is 7.45. The van der Waals surface area contributed by atoms with Crippen LogP contribution < -0.4 is 11.1 Å². The number of thioether (sulfide) groups is 1. The van der Waals surface area contributed by atoms with Gasteiger partial charge in [0.05, 0.1) is 0 Å². The van der Waals surface area contributed by atoms with E-state index in [1.807, 2.05) is 11.8 Å². The highest BCUT2D eigenvalue weighted by atomic mass is 32.2. The number of aromatic nitrogens is 2. The van der Waals surface area contributed by atoms with E-state index >= 15 is 0 Å². The Hall–Kier alpha value is -0.970. The van der Waals surface area contributed by atoms with Gasteiger partial charge in [-0.05, 0) is 31.4 Å². The Morgan fingerprint density at radius 1 is 1.39 bits per heavy atom. The summed E-state index contributed by atoms with van der Waals surface area (Å²) in [5.41, 5.74) is 7.00. The molecule has 1 fully saturated rings. The average molecular weight is 266 g/mol. The van der Waals surface area contributed by atoms with Crippen LogP contribution in [-0.4, -0.2) is 27.5 Å². The van der Waals surface area contributed by atoms with Gasteiger partial charge in [0.2, 0.25) is 0 Å². The first kappa shape index (κ1) is 13.5. The topological polar surface area (TPSA) is 63.8 Å². The van der Waals surface area contributed by atoms with Crippen molar-refractivity contribution in [3.63, 3.8) is 0 Å². The number of hydrogen-bond donors (Lipinski definition) is 2. The number of nitrogen functional groups attached to an aromatic ring is 1. The van der Waals surface area contributed by atoms with Crippen LogP contribution in [0, 0.1) is 0 Å². The largest absolute Gasteiger partial charge is 0.383 e. The number of hydrogen-bond acceptors (Lipinski definition) is 5. The highest BCUT2D eigenvalue weighted by Gasteiger charge is 2.25. The van der Waals surface area contributed by atoms with Gasteiger partial charge in [0, 0.05) is 16.9 Å². The van der Waals surface area contributed by atoms with Gasteiger partial charge in [0.1, 0.15) is 18.0 Å². The van der Waals surface area contributed by atoms with Crippen molar-refractivity contribution < 1.29 is 0 Å². The van der Waals surface area contributed by atoms with Crippen LogP contribution in [-0.2, 0) is 0 Å². The maximum Gasteiger partial charge on any atom is 0.135 e. The third-order valence-corrected chi connectivity index (χ3v) is 4.65. The summed E-state index contributed by atoms with van der Waals surface area (Å²) in [5, 5.41) is 4.33. The highest BCUT2D eigenvalue weighted by molar-refractivity contribution is 7.99. The Kier molecular flexibility index (Phi) is 4.32. The van der Waals surface area contributed by atoms with Gasteiger partial charge in [0.25, 0.3) is 0 Å². The molecule has 2 atom stereocenters. The van der Waals surface area contributed by atoms with Crippen LogP contribution >= 0.6 is 11.8 Å². The van der Waals surface area contributed by atoms with Crippen LogP contribution in [0.4, 0.5) is 11.6 Å². The predicted octanol–water partition coefficient (Wildman–Crippen LogP) is 2.88. The molecular weight excluding hydrogens is 244 g/mol. The van der Waals surface area contributed by atoms with Gasteiger partial charge >= 0.3 is 0 Å². The van der Waals surface area contributed by atoms with Gasteiger partial charge in [-0.15, -0.1) is 0 Å². The fourth-order valence-electron chi connectivity index (χ4n) is 2.57.